The number of azo groups is 1. The first kappa shape index (κ1) is 13.9. The number of para-hydroxylation sites is 4. The zero-order chi connectivity index (χ0) is 16.5. The summed E-state index contributed by atoms with van der Waals surface area (Å²) in [6.45, 7) is 0. The first-order valence-electron chi connectivity index (χ1n) is 7.10. The van der Waals surface area contributed by atoms with Crippen molar-refractivity contribution in [3.8, 4) is 0 Å². The molecule has 2 heterocycles. The molecule has 8 nitrogen and oxygen atoms in total. The number of hydrogen-bond donors (Lipinski definition) is 0. The molecule has 4 aromatic rings. The van der Waals surface area contributed by atoms with Crippen LogP contribution in [0.15, 0.2) is 60.9 Å². The fourth-order valence-electron chi connectivity index (χ4n) is 2.27. The number of fused-ring (bicyclic) bond motifs is 2. The molecule has 0 radical (unpaired) electrons. The molecule has 0 saturated heterocycles. The molecule has 0 aliphatic carbocycles. The van der Waals surface area contributed by atoms with Crippen LogP contribution in [0.1, 0.15) is 0 Å². The highest BCUT2D eigenvalue weighted by Crippen LogP contribution is 2.17. The number of aromatic nitrogens is 4. The van der Waals surface area contributed by atoms with Crippen molar-refractivity contribution in [2.75, 3.05) is 0 Å². The number of rotatable bonds is 2. The van der Waals surface area contributed by atoms with E-state index in [1.165, 1.54) is 12.4 Å². The Bertz CT molecular complexity index is 1010. The summed E-state index contributed by atoms with van der Waals surface area (Å²) in [5, 5.41) is 24.6. The van der Waals surface area contributed by atoms with Crippen LogP contribution in [0.3, 0.4) is 0 Å². The van der Waals surface area contributed by atoms with Crippen LogP contribution in [0.5, 0.6) is 0 Å². The summed E-state index contributed by atoms with van der Waals surface area (Å²) in [5.74, 6) is -0.252. The minimum atomic E-state index is -0.126. The van der Waals surface area contributed by atoms with Gasteiger partial charge < -0.3 is 10.4 Å². The quantitative estimate of drug-likeness (QED) is 0.320. The van der Waals surface area contributed by atoms with E-state index in [2.05, 4.69) is 19.9 Å². The first-order valence-corrected chi connectivity index (χ1v) is 7.10. The Morgan fingerprint density at radius 1 is 0.583 bits per heavy atom. The van der Waals surface area contributed by atoms with Crippen LogP contribution < -0.4 is 0 Å². The average Bonchev–Trinajstić information content (AvgIpc) is 2.66. The summed E-state index contributed by atoms with van der Waals surface area (Å²) in [4.78, 5) is 16.7. The molecular formula is C16H10N6O2. The third-order valence-electron chi connectivity index (χ3n) is 3.43. The van der Waals surface area contributed by atoms with Crippen molar-refractivity contribution in [1.82, 2.24) is 19.9 Å². The maximum atomic E-state index is 12.3. The fraction of sp³-hybridized carbons (Fsp3) is 0. The lowest BCUT2D eigenvalue weighted by Gasteiger charge is -2.09. The second-order valence-electron chi connectivity index (χ2n) is 4.98. The van der Waals surface area contributed by atoms with Crippen LogP contribution in [0.2, 0.25) is 0 Å². The molecule has 0 spiro atoms. The second kappa shape index (κ2) is 5.51. The van der Waals surface area contributed by atoms with Gasteiger partial charge >= 0.3 is 11.6 Å². The van der Waals surface area contributed by atoms with Crippen LogP contribution in [0.25, 0.3) is 22.1 Å². The zero-order valence-corrected chi connectivity index (χ0v) is 12.3. The Kier molecular flexibility index (Phi) is 3.20. The third-order valence-corrected chi connectivity index (χ3v) is 3.43. The van der Waals surface area contributed by atoms with Crippen molar-refractivity contribution in [2.24, 2.45) is 0 Å². The summed E-state index contributed by atoms with van der Waals surface area (Å²) in [6.07, 6.45) is 2.49. The lowest BCUT2D eigenvalue weighted by molar-refractivity contribution is -0.899. The lowest BCUT2D eigenvalue weighted by atomic mass is 10.3. The summed E-state index contributed by atoms with van der Waals surface area (Å²) in [5.41, 5.74) is 2.32. The van der Waals surface area contributed by atoms with E-state index >= 15 is 0 Å². The standard InChI is InChI=1S/C16H10N6O2/c23-21(15-9-17-11-5-1-3-7-13(11)19-15)22(24)16-10-18-12-6-2-4-8-14(12)20-16/h1-10H/b22-21+. The van der Waals surface area contributed by atoms with Gasteiger partial charge in [-0.05, 0) is 34.2 Å². The molecule has 0 bridgehead atoms. The van der Waals surface area contributed by atoms with Crippen molar-refractivity contribution in [3.63, 3.8) is 0 Å². The van der Waals surface area contributed by atoms with E-state index in [1.54, 1.807) is 36.4 Å². The summed E-state index contributed by atoms with van der Waals surface area (Å²) >= 11 is 0. The molecule has 8 heteroatoms. The van der Waals surface area contributed by atoms with Crippen LogP contribution in [0, 0.1) is 10.4 Å². The Labute approximate surface area is 135 Å². The monoisotopic (exact) mass is 318 g/mol. The van der Waals surface area contributed by atoms with E-state index in [9.17, 15) is 10.4 Å². The summed E-state index contributed by atoms with van der Waals surface area (Å²) in [7, 11) is 0. The van der Waals surface area contributed by atoms with Crippen LogP contribution in [-0.4, -0.2) is 29.7 Å². The van der Waals surface area contributed by atoms with E-state index in [0.29, 0.717) is 22.1 Å². The van der Waals surface area contributed by atoms with Crippen molar-refractivity contribution >= 4 is 33.7 Å². The molecule has 0 aliphatic rings. The molecule has 0 fully saturated rings. The molecule has 2 aromatic carbocycles. The summed E-state index contributed by atoms with van der Waals surface area (Å²) in [6, 6.07) is 14.2. The third kappa shape index (κ3) is 2.35. The predicted molar refractivity (Wildman–Crippen MR) is 85.7 cm³/mol. The number of benzene rings is 2. The largest absolute Gasteiger partial charge is 0.675 e. The normalized spacial score (nSPS) is 12.3. The van der Waals surface area contributed by atoms with Gasteiger partial charge in [-0.3, -0.25) is 0 Å². The molecule has 0 aliphatic heterocycles. The van der Waals surface area contributed by atoms with Gasteiger partial charge in [0.05, 0.1) is 0 Å². The van der Waals surface area contributed by atoms with E-state index in [1.807, 2.05) is 12.1 Å². The molecule has 4 rings (SSSR count). The van der Waals surface area contributed by atoms with Crippen LogP contribution in [0.4, 0.5) is 11.6 Å². The van der Waals surface area contributed by atoms with Gasteiger partial charge in [-0.2, -0.15) is 0 Å². The Morgan fingerprint density at radius 2 is 0.958 bits per heavy atom. The lowest BCUT2D eigenvalue weighted by Crippen LogP contribution is -2.11. The number of hydrogen-bond acceptors (Lipinski definition) is 6. The van der Waals surface area contributed by atoms with Crippen LogP contribution >= 0.6 is 0 Å². The predicted octanol–water partition coefficient (Wildman–Crippen LogP) is 3.01. The van der Waals surface area contributed by atoms with E-state index < -0.39 is 0 Å². The topological polar surface area (TPSA) is 104 Å². The molecule has 0 amide bonds. The van der Waals surface area contributed by atoms with Crippen molar-refractivity contribution in [3.05, 3.63) is 71.3 Å². The van der Waals surface area contributed by atoms with Gasteiger partial charge in [-0.1, -0.05) is 34.0 Å². The second-order valence-corrected chi connectivity index (χ2v) is 4.98. The molecule has 116 valence electrons. The molecule has 0 saturated carbocycles. The van der Waals surface area contributed by atoms with E-state index in [0.717, 1.165) is 0 Å². The maximum absolute atomic E-state index is 12.3. The van der Waals surface area contributed by atoms with Gasteiger partial charge in [-0.25, -0.2) is 9.97 Å². The minimum Gasteiger partial charge on any atom is -0.675 e. The van der Waals surface area contributed by atoms with Crippen molar-refractivity contribution in [2.45, 2.75) is 0 Å². The molecule has 0 unspecified atom stereocenters. The minimum absolute atomic E-state index is 0.0955. The number of nitrogens with zero attached hydrogens (tertiary/aromatic N) is 6. The average molecular weight is 318 g/mol. The molecular weight excluding hydrogens is 308 g/mol. The smallest absolute Gasteiger partial charge is 0.382 e. The van der Waals surface area contributed by atoms with Gasteiger partial charge in [0.1, 0.15) is 23.4 Å². The Balaban J connectivity index is 1.82. The summed E-state index contributed by atoms with van der Waals surface area (Å²) < 4.78 is 0. The van der Waals surface area contributed by atoms with Gasteiger partial charge in [-0.15, -0.1) is 0 Å². The fourth-order valence-corrected chi connectivity index (χ4v) is 2.27. The molecule has 0 N–H and O–H groups in total. The van der Waals surface area contributed by atoms with E-state index in [-0.39, 0.29) is 21.4 Å². The van der Waals surface area contributed by atoms with Gasteiger partial charge in [0.25, 0.3) is 0 Å². The SMILES string of the molecule is [O-]/[N+](c1cnc2ccccc2n1)=[N+](/[O-])c1cnc2ccccc2n1. The van der Waals surface area contributed by atoms with Gasteiger partial charge in [0, 0.05) is 0 Å². The first-order chi connectivity index (χ1) is 11.7. The zero-order valence-electron chi connectivity index (χ0n) is 12.3. The maximum Gasteiger partial charge on any atom is 0.382 e. The van der Waals surface area contributed by atoms with Gasteiger partial charge in [0.15, 0.2) is 0 Å². The van der Waals surface area contributed by atoms with Crippen LogP contribution in [-0.2, 0) is 0 Å². The van der Waals surface area contributed by atoms with E-state index in [4.69, 9.17) is 0 Å². The van der Waals surface area contributed by atoms with Gasteiger partial charge in [0.2, 0.25) is 11.0 Å². The Hall–Kier alpha value is -3.68. The molecule has 2 aromatic heterocycles. The highest BCUT2D eigenvalue weighted by molar-refractivity contribution is 5.75. The molecule has 0 atom stereocenters. The van der Waals surface area contributed by atoms with Crippen molar-refractivity contribution < 1.29 is 9.72 Å². The Morgan fingerprint density at radius 3 is 1.38 bits per heavy atom. The highest BCUT2D eigenvalue weighted by atomic mass is 16.6. The van der Waals surface area contributed by atoms with Crippen molar-refractivity contribution in [1.29, 1.82) is 0 Å². The highest BCUT2D eigenvalue weighted by Gasteiger charge is 2.16. The molecule has 24 heavy (non-hydrogen) atoms.